The number of alkyl halides is 3. The second kappa shape index (κ2) is 6.06. The normalized spacial score (nSPS) is 13.5. The topological polar surface area (TPSA) is 12.0 Å². The predicted octanol–water partition coefficient (Wildman–Crippen LogP) is 5.29. The maximum absolute atomic E-state index is 14.3. The lowest BCUT2D eigenvalue weighted by Crippen LogP contribution is -2.21. The minimum atomic E-state index is -4.71. The van der Waals surface area contributed by atoms with E-state index in [1.54, 1.807) is 13.1 Å². The highest BCUT2D eigenvalue weighted by atomic mass is 79.9. The van der Waals surface area contributed by atoms with Gasteiger partial charge in [-0.2, -0.15) is 13.2 Å². The first-order chi connectivity index (χ1) is 9.75. The third-order valence-electron chi connectivity index (χ3n) is 3.17. The molecule has 1 N–H and O–H groups in total. The molecule has 1 aromatic carbocycles. The second-order valence-electron chi connectivity index (χ2n) is 4.49. The highest BCUT2D eigenvalue weighted by Crippen LogP contribution is 2.38. The SMILES string of the molecule is CNC(c1cc(Br)sc1C)c1cccc(C(F)(F)F)c1F. The zero-order valence-electron chi connectivity index (χ0n) is 11.2. The van der Waals surface area contributed by atoms with E-state index in [4.69, 9.17) is 0 Å². The van der Waals surface area contributed by atoms with E-state index in [0.29, 0.717) is 0 Å². The summed E-state index contributed by atoms with van der Waals surface area (Å²) in [6, 6.07) is 4.51. The van der Waals surface area contributed by atoms with Crippen LogP contribution in [0.15, 0.2) is 28.1 Å². The molecule has 114 valence electrons. The van der Waals surface area contributed by atoms with Gasteiger partial charge in [-0.1, -0.05) is 12.1 Å². The van der Waals surface area contributed by atoms with Gasteiger partial charge < -0.3 is 5.32 Å². The Morgan fingerprint density at radius 3 is 2.38 bits per heavy atom. The van der Waals surface area contributed by atoms with Crippen LogP contribution in [0.1, 0.15) is 27.6 Å². The van der Waals surface area contributed by atoms with E-state index in [1.807, 2.05) is 6.92 Å². The summed E-state index contributed by atoms with van der Waals surface area (Å²) < 4.78 is 53.6. The summed E-state index contributed by atoms with van der Waals surface area (Å²) in [5, 5.41) is 2.89. The van der Waals surface area contributed by atoms with Crippen molar-refractivity contribution in [1.29, 1.82) is 0 Å². The van der Waals surface area contributed by atoms with Crippen LogP contribution in [0.25, 0.3) is 0 Å². The van der Waals surface area contributed by atoms with Crippen LogP contribution < -0.4 is 5.32 Å². The number of halogens is 5. The largest absolute Gasteiger partial charge is 0.419 e. The molecular weight excluding hydrogens is 370 g/mol. The molecule has 1 aromatic heterocycles. The van der Waals surface area contributed by atoms with E-state index < -0.39 is 23.6 Å². The van der Waals surface area contributed by atoms with Crippen LogP contribution in [0.2, 0.25) is 0 Å². The Balaban J connectivity index is 2.56. The monoisotopic (exact) mass is 381 g/mol. The molecule has 2 aromatic rings. The van der Waals surface area contributed by atoms with Crippen molar-refractivity contribution in [2.24, 2.45) is 0 Å². The third-order valence-corrected chi connectivity index (χ3v) is 4.74. The Morgan fingerprint density at radius 2 is 1.90 bits per heavy atom. The molecule has 1 atom stereocenters. The van der Waals surface area contributed by atoms with Crippen molar-refractivity contribution in [1.82, 2.24) is 5.32 Å². The van der Waals surface area contributed by atoms with Crippen molar-refractivity contribution in [2.75, 3.05) is 7.05 Å². The zero-order valence-corrected chi connectivity index (χ0v) is 13.6. The van der Waals surface area contributed by atoms with Gasteiger partial charge in [-0.05, 0) is 47.6 Å². The number of hydrogen-bond donors (Lipinski definition) is 1. The molecule has 0 radical (unpaired) electrons. The first-order valence-corrected chi connectivity index (χ1v) is 7.65. The Hall–Kier alpha value is -0.920. The summed E-state index contributed by atoms with van der Waals surface area (Å²) in [5.41, 5.74) is -0.500. The number of aryl methyl sites for hydroxylation is 1. The first-order valence-electron chi connectivity index (χ1n) is 6.04. The highest BCUT2D eigenvalue weighted by Gasteiger charge is 2.36. The molecule has 21 heavy (non-hydrogen) atoms. The van der Waals surface area contributed by atoms with Gasteiger partial charge in [0, 0.05) is 10.4 Å². The summed E-state index contributed by atoms with van der Waals surface area (Å²) in [5.74, 6) is -1.23. The lowest BCUT2D eigenvalue weighted by atomic mass is 9.97. The van der Waals surface area contributed by atoms with Gasteiger partial charge in [0.25, 0.3) is 0 Å². The quantitative estimate of drug-likeness (QED) is 0.712. The molecule has 0 aliphatic rings. The molecule has 0 spiro atoms. The van der Waals surface area contributed by atoms with Crippen LogP contribution in [0.5, 0.6) is 0 Å². The van der Waals surface area contributed by atoms with Crippen molar-refractivity contribution < 1.29 is 17.6 Å². The molecule has 0 saturated carbocycles. The van der Waals surface area contributed by atoms with Crippen LogP contribution in [0.4, 0.5) is 17.6 Å². The maximum Gasteiger partial charge on any atom is 0.419 e. The molecule has 1 unspecified atom stereocenters. The van der Waals surface area contributed by atoms with E-state index in [-0.39, 0.29) is 5.56 Å². The van der Waals surface area contributed by atoms with Gasteiger partial charge in [0.15, 0.2) is 0 Å². The van der Waals surface area contributed by atoms with Gasteiger partial charge in [-0.25, -0.2) is 4.39 Å². The molecule has 0 amide bonds. The lowest BCUT2D eigenvalue weighted by Gasteiger charge is -2.19. The van der Waals surface area contributed by atoms with Crippen LogP contribution >= 0.6 is 27.3 Å². The van der Waals surface area contributed by atoms with E-state index in [9.17, 15) is 17.6 Å². The fraction of sp³-hybridized carbons (Fsp3) is 0.286. The Kier molecular flexibility index (Phi) is 4.75. The molecule has 0 fully saturated rings. The number of rotatable bonds is 3. The Labute approximate surface area is 132 Å². The van der Waals surface area contributed by atoms with Crippen molar-refractivity contribution in [2.45, 2.75) is 19.1 Å². The van der Waals surface area contributed by atoms with Crippen LogP contribution in [0.3, 0.4) is 0 Å². The summed E-state index contributed by atoms with van der Waals surface area (Å²) in [6.07, 6.45) is -4.71. The summed E-state index contributed by atoms with van der Waals surface area (Å²) in [4.78, 5) is 0.915. The molecule has 0 bridgehead atoms. The minimum Gasteiger partial charge on any atom is -0.309 e. The van der Waals surface area contributed by atoms with Crippen molar-refractivity contribution in [3.63, 3.8) is 0 Å². The van der Waals surface area contributed by atoms with Crippen molar-refractivity contribution in [3.05, 3.63) is 55.4 Å². The Bertz CT molecular complexity index is 651. The highest BCUT2D eigenvalue weighted by molar-refractivity contribution is 9.11. The number of benzene rings is 1. The van der Waals surface area contributed by atoms with Crippen LogP contribution in [0, 0.1) is 12.7 Å². The van der Waals surface area contributed by atoms with Crippen molar-refractivity contribution in [3.8, 4) is 0 Å². The Morgan fingerprint density at radius 1 is 1.24 bits per heavy atom. The number of thiophene rings is 1. The summed E-state index contributed by atoms with van der Waals surface area (Å²) in [6.45, 7) is 1.85. The maximum atomic E-state index is 14.3. The average molecular weight is 382 g/mol. The fourth-order valence-electron chi connectivity index (χ4n) is 2.22. The van der Waals surface area contributed by atoms with Gasteiger partial charge >= 0.3 is 6.18 Å². The number of nitrogens with one attached hydrogen (secondary N) is 1. The first kappa shape index (κ1) is 16.5. The molecule has 1 heterocycles. The van der Waals surface area contributed by atoms with Gasteiger partial charge in [0.05, 0.1) is 15.4 Å². The predicted molar refractivity (Wildman–Crippen MR) is 79.1 cm³/mol. The van der Waals surface area contributed by atoms with Gasteiger partial charge in [-0.15, -0.1) is 11.3 Å². The molecular formula is C14H12BrF4NS. The van der Waals surface area contributed by atoms with Crippen molar-refractivity contribution >= 4 is 27.3 Å². The summed E-state index contributed by atoms with van der Waals surface area (Å²) >= 11 is 4.79. The molecule has 0 aliphatic carbocycles. The number of hydrogen-bond acceptors (Lipinski definition) is 2. The molecule has 0 saturated heterocycles. The van der Waals surface area contributed by atoms with E-state index in [0.717, 1.165) is 20.3 Å². The van der Waals surface area contributed by atoms with Gasteiger partial charge in [0.1, 0.15) is 5.82 Å². The third kappa shape index (κ3) is 3.30. The van der Waals surface area contributed by atoms with E-state index >= 15 is 0 Å². The van der Waals surface area contributed by atoms with Gasteiger partial charge in [-0.3, -0.25) is 0 Å². The van der Waals surface area contributed by atoms with Crippen LogP contribution in [-0.2, 0) is 6.18 Å². The smallest absolute Gasteiger partial charge is 0.309 e. The molecule has 0 aliphatic heterocycles. The minimum absolute atomic E-state index is 0.0132. The molecule has 2 rings (SSSR count). The van der Waals surface area contributed by atoms with Crippen LogP contribution in [-0.4, -0.2) is 7.05 Å². The molecule has 1 nitrogen and oxygen atoms in total. The van der Waals surface area contributed by atoms with E-state index in [2.05, 4.69) is 21.2 Å². The standard InChI is InChI=1S/C14H12BrF4NS/c1-7-9(6-11(15)21-7)13(20-2)8-4-3-5-10(12(8)16)14(17,18)19/h3-6,13,20H,1-2H3. The fourth-order valence-corrected chi connectivity index (χ4v) is 3.96. The zero-order chi connectivity index (χ0) is 15.8. The second-order valence-corrected chi connectivity index (χ2v) is 7.13. The molecule has 7 heteroatoms. The lowest BCUT2D eigenvalue weighted by molar-refractivity contribution is -0.140. The average Bonchev–Trinajstić information content (AvgIpc) is 2.70. The summed E-state index contributed by atoms with van der Waals surface area (Å²) in [7, 11) is 1.59. The van der Waals surface area contributed by atoms with Gasteiger partial charge in [0.2, 0.25) is 0 Å². The van der Waals surface area contributed by atoms with E-state index in [1.165, 1.54) is 23.5 Å².